The fraction of sp³-hybridized carbons (Fsp3) is 0.0417. The summed E-state index contributed by atoms with van der Waals surface area (Å²) in [5, 5.41) is 15.4. The van der Waals surface area contributed by atoms with Crippen LogP contribution in [-0.2, 0) is 16.2 Å². The second kappa shape index (κ2) is 10.0. The standard InChI is InChI=1S/C24H15Cl3N2O4S/c25-15-4-1-12(2-5-15)11-33-20-6-3-13(8-17-22(31)28-24(34)29-23(17)32)7-16(20)14-9-18(26)21(30)19(27)10-14/h1-10,30H,11H2,(H2,28,29,31,32,34). The Morgan fingerprint density at radius 2 is 1.53 bits per heavy atom. The van der Waals surface area contributed by atoms with Gasteiger partial charge in [0.25, 0.3) is 11.8 Å². The molecule has 1 heterocycles. The van der Waals surface area contributed by atoms with Crippen molar-refractivity contribution < 1.29 is 19.4 Å². The van der Waals surface area contributed by atoms with Gasteiger partial charge in [-0.2, -0.15) is 0 Å². The molecule has 1 aliphatic heterocycles. The zero-order valence-corrected chi connectivity index (χ0v) is 20.3. The van der Waals surface area contributed by atoms with Crippen molar-refractivity contribution >= 4 is 70.0 Å². The lowest BCUT2D eigenvalue weighted by atomic mass is 9.99. The van der Waals surface area contributed by atoms with Gasteiger partial charge in [0.15, 0.2) is 10.9 Å². The molecule has 1 aliphatic rings. The second-order valence-electron chi connectivity index (χ2n) is 7.25. The summed E-state index contributed by atoms with van der Waals surface area (Å²) in [5.74, 6) is -0.947. The Labute approximate surface area is 215 Å². The van der Waals surface area contributed by atoms with Crippen molar-refractivity contribution in [2.75, 3.05) is 0 Å². The minimum absolute atomic E-state index is 0.0489. The summed E-state index contributed by atoms with van der Waals surface area (Å²) in [4.78, 5) is 24.5. The number of carbonyl (C=O) groups is 2. The number of thiocarbonyl (C=S) groups is 1. The molecule has 1 fully saturated rings. The summed E-state index contributed by atoms with van der Waals surface area (Å²) < 4.78 is 6.04. The number of phenolic OH excluding ortho intramolecular Hbond substituents is 1. The fourth-order valence-corrected chi connectivity index (χ4v) is 4.02. The van der Waals surface area contributed by atoms with Gasteiger partial charge in [-0.05, 0) is 71.4 Å². The SMILES string of the molecule is O=C1NC(=S)NC(=O)C1=Cc1ccc(OCc2ccc(Cl)cc2)c(-c2cc(Cl)c(O)c(Cl)c2)c1. The van der Waals surface area contributed by atoms with Gasteiger partial charge in [-0.25, -0.2) is 0 Å². The molecule has 3 aromatic carbocycles. The monoisotopic (exact) mass is 532 g/mol. The lowest BCUT2D eigenvalue weighted by Gasteiger charge is -2.17. The van der Waals surface area contributed by atoms with Crippen LogP contribution in [0.3, 0.4) is 0 Å². The van der Waals surface area contributed by atoms with E-state index >= 15 is 0 Å². The maximum atomic E-state index is 12.2. The average molecular weight is 534 g/mol. The van der Waals surface area contributed by atoms with Crippen LogP contribution < -0.4 is 15.4 Å². The number of hydrogen-bond acceptors (Lipinski definition) is 5. The molecule has 3 aromatic rings. The van der Waals surface area contributed by atoms with Crippen molar-refractivity contribution in [3.05, 3.63) is 86.4 Å². The first-order valence-corrected chi connectivity index (χ1v) is 11.3. The lowest BCUT2D eigenvalue weighted by Crippen LogP contribution is -2.51. The zero-order chi connectivity index (χ0) is 24.4. The number of ether oxygens (including phenoxy) is 1. The predicted octanol–water partition coefficient (Wildman–Crippen LogP) is 5.51. The maximum Gasteiger partial charge on any atom is 0.263 e. The number of nitrogens with one attached hydrogen (secondary N) is 2. The number of hydrogen-bond donors (Lipinski definition) is 3. The normalized spacial score (nSPS) is 13.4. The van der Waals surface area contributed by atoms with E-state index in [-0.39, 0.29) is 33.1 Å². The maximum absolute atomic E-state index is 12.2. The second-order valence-corrected chi connectivity index (χ2v) is 8.91. The number of benzene rings is 3. The zero-order valence-electron chi connectivity index (χ0n) is 17.2. The number of halogens is 3. The van der Waals surface area contributed by atoms with Crippen molar-refractivity contribution in [1.82, 2.24) is 10.6 Å². The molecular weight excluding hydrogens is 519 g/mol. The molecule has 0 unspecified atom stereocenters. The Bertz CT molecular complexity index is 1310. The molecule has 10 heteroatoms. The predicted molar refractivity (Wildman–Crippen MR) is 136 cm³/mol. The van der Waals surface area contributed by atoms with Gasteiger partial charge in [0.1, 0.15) is 17.9 Å². The summed E-state index contributed by atoms with van der Waals surface area (Å²) in [5.41, 5.74) is 2.49. The molecule has 1 saturated heterocycles. The summed E-state index contributed by atoms with van der Waals surface area (Å²) in [6.45, 7) is 0.256. The molecular formula is C24H15Cl3N2O4S. The summed E-state index contributed by atoms with van der Waals surface area (Å²) >= 11 is 23.1. The Morgan fingerprint density at radius 3 is 2.15 bits per heavy atom. The van der Waals surface area contributed by atoms with E-state index in [1.165, 1.54) is 6.08 Å². The van der Waals surface area contributed by atoms with Crippen molar-refractivity contribution in [2.45, 2.75) is 6.61 Å². The highest BCUT2D eigenvalue weighted by atomic mass is 35.5. The smallest absolute Gasteiger partial charge is 0.263 e. The van der Waals surface area contributed by atoms with Crippen LogP contribution in [0.25, 0.3) is 17.2 Å². The topological polar surface area (TPSA) is 87.7 Å². The highest BCUT2D eigenvalue weighted by Gasteiger charge is 2.25. The van der Waals surface area contributed by atoms with Crippen molar-refractivity contribution in [2.24, 2.45) is 0 Å². The first-order valence-electron chi connectivity index (χ1n) is 9.79. The molecule has 172 valence electrons. The summed E-state index contributed by atoms with van der Waals surface area (Å²) in [6.07, 6.45) is 1.43. The van der Waals surface area contributed by atoms with E-state index in [4.69, 9.17) is 51.8 Å². The number of aromatic hydroxyl groups is 1. The highest BCUT2D eigenvalue weighted by molar-refractivity contribution is 7.80. The third kappa shape index (κ3) is 5.34. The summed E-state index contributed by atoms with van der Waals surface area (Å²) in [7, 11) is 0. The van der Waals surface area contributed by atoms with Gasteiger partial charge in [0, 0.05) is 10.6 Å². The molecule has 4 rings (SSSR count). The van der Waals surface area contributed by atoms with E-state index in [2.05, 4.69) is 10.6 Å². The fourth-order valence-electron chi connectivity index (χ4n) is 3.22. The van der Waals surface area contributed by atoms with Crippen LogP contribution in [0.5, 0.6) is 11.5 Å². The largest absolute Gasteiger partial charge is 0.505 e. The van der Waals surface area contributed by atoms with Crippen LogP contribution in [0.2, 0.25) is 15.1 Å². The van der Waals surface area contributed by atoms with Gasteiger partial charge in [0.2, 0.25) is 0 Å². The minimum atomic E-state index is -0.603. The third-order valence-corrected chi connectivity index (χ3v) is 5.93. The van der Waals surface area contributed by atoms with Gasteiger partial charge >= 0.3 is 0 Å². The van der Waals surface area contributed by atoms with Crippen molar-refractivity contribution in [3.8, 4) is 22.6 Å². The third-order valence-electron chi connectivity index (χ3n) is 4.89. The lowest BCUT2D eigenvalue weighted by molar-refractivity contribution is -0.123. The molecule has 0 aromatic heterocycles. The number of rotatable bonds is 5. The van der Waals surface area contributed by atoms with Crippen molar-refractivity contribution in [3.63, 3.8) is 0 Å². The van der Waals surface area contributed by atoms with Gasteiger partial charge in [-0.1, -0.05) is 53.0 Å². The molecule has 3 N–H and O–H groups in total. The molecule has 0 atom stereocenters. The first-order chi connectivity index (χ1) is 16.2. The van der Waals surface area contributed by atoms with Crippen LogP contribution in [0.1, 0.15) is 11.1 Å². The Morgan fingerprint density at radius 1 is 0.912 bits per heavy atom. The molecule has 34 heavy (non-hydrogen) atoms. The van der Waals surface area contributed by atoms with E-state index in [0.29, 0.717) is 27.5 Å². The van der Waals surface area contributed by atoms with E-state index in [9.17, 15) is 14.7 Å². The van der Waals surface area contributed by atoms with Crippen LogP contribution in [0, 0.1) is 0 Å². The number of amides is 2. The molecule has 0 radical (unpaired) electrons. The molecule has 0 bridgehead atoms. The van der Waals surface area contributed by atoms with E-state index in [1.54, 1.807) is 42.5 Å². The molecule has 0 spiro atoms. The quantitative estimate of drug-likeness (QED) is 0.229. The Hall–Kier alpha value is -3.10. The van der Waals surface area contributed by atoms with Gasteiger partial charge in [0.05, 0.1) is 10.0 Å². The van der Waals surface area contributed by atoms with E-state index in [0.717, 1.165) is 5.56 Å². The van der Waals surface area contributed by atoms with Gasteiger partial charge in [-0.3, -0.25) is 20.2 Å². The first kappa shape index (κ1) is 24.0. The van der Waals surface area contributed by atoms with E-state index in [1.807, 2.05) is 12.1 Å². The molecule has 2 amide bonds. The van der Waals surface area contributed by atoms with Crippen LogP contribution >= 0.6 is 47.0 Å². The Balaban J connectivity index is 1.75. The van der Waals surface area contributed by atoms with Gasteiger partial charge in [-0.15, -0.1) is 0 Å². The minimum Gasteiger partial charge on any atom is -0.505 e. The Kier molecular flexibility index (Phi) is 7.09. The van der Waals surface area contributed by atoms with Crippen molar-refractivity contribution in [1.29, 1.82) is 0 Å². The number of phenols is 1. The highest BCUT2D eigenvalue weighted by Crippen LogP contribution is 2.40. The molecule has 0 saturated carbocycles. The molecule has 6 nitrogen and oxygen atoms in total. The van der Waals surface area contributed by atoms with Crippen LogP contribution in [0.15, 0.2) is 60.2 Å². The van der Waals surface area contributed by atoms with Gasteiger partial charge < -0.3 is 9.84 Å². The average Bonchev–Trinajstić information content (AvgIpc) is 2.79. The van der Waals surface area contributed by atoms with E-state index < -0.39 is 11.8 Å². The summed E-state index contributed by atoms with van der Waals surface area (Å²) in [6, 6.07) is 15.4. The van der Waals surface area contributed by atoms with Crippen LogP contribution in [-0.4, -0.2) is 22.0 Å². The number of carbonyl (C=O) groups excluding carboxylic acids is 2. The molecule has 0 aliphatic carbocycles. The van der Waals surface area contributed by atoms with Crippen LogP contribution in [0.4, 0.5) is 0 Å².